The summed E-state index contributed by atoms with van der Waals surface area (Å²) in [4.78, 5) is 27.5. The quantitative estimate of drug-likeness (QED) is 0.701. The Bertz CT molecular complexity index is 713. The lowest BCUT2D eigenvalue weighted by Crippen LogP contribution is -2.50. The molecule has 5 nitrogen and oxygen atoms in total. The molecule has 3 rings (SSSR count). The van der Waals surface area contributed by atoms with Crippen LogP contribution >= 0.6 is 0 Å². The second kappa shape index (κ2) is 9.45. The van der Waals surface area contributed by atoms with E-state index in [0.29, 0.717) is 19.5 Å². The SMILES string of the molecule is CCCNCCNC(=O)C1CC2CCCCC2N1C(=O)c1ccc(F)cc1F. The summed E-state index contributed by atoms with van der Waals surface area (Å²) in [6.07, 6.45) is 5.50. The van der Waals surface area contributed by atoms with Crippen molar-refractivity contribution in [1.29, 1.82) is 0 Å². The molecular formula is C21H29F2N3O2. The lowest BCUT2D eigenvalue weighted by molar-refractivity contribution is -0.125. The number of carbonyl (C=O) groups is 2. The van der Waals surface area contributed by atoms with Crippen LogP contribution in [-0.2, 0) is 4.79 Å². The van der Waals surface area contributed by atoms with Gasteiger partial charge in [-0.1, -0.05) is 19.8 Å². The lowest BCUT2D eigenvalue weighted by atomic mass is 9.84. The summed E-state index contributed by atoms with van der Waals surface area (Å²) in [5.74, 6) is -2.05. The molecule has 0 aromatic heterocycles. The van der Waals surface area contributed by atoms with Crippen LogP contribution in [0, 0.1) is 17.6 Å². The minimum atomic E-state index is -0.882. The van der Waals surface area contributed by atoms with E-state index in [2.05, 4.69) is 17.6 Å². The fourth-order valence-corrected chi connectivity index (χ4v) is 4.48. The van der Waals surface area contributed by atoms with Crippen LogP contribution in [0.1, 0.15) is 55.8 Å². The van der Waals surface area contributed by atoms with E-state index >= 15 is 0 Å². The van der Waals surface area contributed by atoms with Gasteiger partial charge in [0.1, 0.15) is 17.7 Å². The first kappa shape index (κ1) is 20.7. The molecule has 2 N–H and O–H groups in total. The van der Waals surface area contributed by atoms with Gasteiger partial charge in [0.2, 0.25) is 5.91 Å². The van der Waals surface area contributed by atoms with Gasteiger partial charge in [-0.25, -0.2) is 8.78 Å². The molecule has 1 saturated heterocycles. The Kier molecular flexibility index (Phi) is 6.99. The van der Waals surface area contributed by atoms with Crippen LogP contribution < -0.4 is 10.6 Å². The van der Waals surface area contributed by atoms with Crippen LogP contribution in [0.4, 0.5) is 8.78 Å². The van der Waals surface area contributed by atoms with E-state index in [1.54, 1.807) is 4.90 Å². The minimum Gasteiger partial charge on any atom is -0.353 e. The Morgan fingerprint density at radius 3 is 2.68 bits per heavy atom. The van der Waals surface area contributed by atoms with Gasteiger partial charge in [0.15, 0.2) is 0 Å². The van der Waals surface area contributed by atoms with Gasteiger partial charge in [0, 0.05) is 25.2 Å². The summed E-state index contributed by atoms with van der Waals surface area (Å²) >= 11 is 0. The summed E-state index contributed by atoms with van der Waals surface area (Å²) in [7, 11) is 0. The number of amides is 2. The van der Waals surface area contributed by atoms with Gasteiger partial charge in [-0.3, -0.25) is 9.59 Å². The molecule has 28 heavy (non-hydrogen) atoms. The van der Waals surface area contributed by atoms with Crippen LogP contribution in [0.2, 0.25) is 0 Å². The van der Waals surface area contributed by atoms with Crippen molar-refractivity contribution in [3.05, 3.63) is 35.4 Å². The Hall–Kier alpha value is -2.02. The first-order chi connectivity index (χ1) is 13.5. The predicted molar refractivity (Wildman–Crippen MR) is 103 cm³/mol. The Morgan fingerprint density at radius 2 is 1.93 bits per heavy atom. The molecule has 154 valence electrons. The number of halogens is 2. The van der Waals surface area contributed by atoms with Gasteiger partial charge in [0.25, 0.3) is 5.91 Å². The second-order valence-electron chi connectivity index (χ2n) is 7.74. The molecule has 1 saturated carbocycles. The summed E-state index contributed by atoms with van der Waals surface area (Å²) < 4.78 is 27.5. The number of hydrogen-bond acceptors (Lipinski definition) is 3. The van der Waals surface area contributed by atoms with Gasteiger partial charge in [-0.05, 0) is 50.3 Å². The zero-order chi connectivity index (χ0) is 20.1. The van der Waals surface area contributed by atoms with Crippen molar-refractivity contribution in [3.63, 3.8) is 0 Å². The van der Waals surface area contributed by atoms with E-state index in [9.17, 15) is 18.4 Å². The van der Waals surface area contributed by atoms with E-state index < -0.39 is 23.6 Å². The van der Waals surface area contributed by atoms with Gasteiger partial charge in [-0.15, -0.1) is 0 Å². The van der Waals surface area contributed by atoms with Crippen molar-refractivity contribution in [2.24, 2.45) is 5.92 Å². The zero-order valence-corrected chi connectivity index (χ0v) is 16.3. The molecule has 7 heteroatoms. The standard InChI is InChI=1S/C21H29F2N3O2/c1-2-9-24-10-11-25-20(27)19-12-14-5-3-4-6-18(14)26(19)21(28)16-8-7-15(22)13-17(16)23/h7-8,13-14,18-19,24H,2-6,9-12H2,1H3,(H,25,27). The molecule has 3 atom stereocenters. The highest BCUT2D eigenvalue weighted by Crippen LogP contribution is 2.40. The molecule has 0 radical (unpaired) electrons. The highest BCUT2D eigenvalue weighted by atomic mass is 19.1. The fraction of sp³-hybridized carbons (Fsp3) is 0.619. The maximum Gasteiger partial charge on any atom is 0.257 e. The van der Waals surface area contributed by atoms with Crippen LogP contribution in [0.3, 0.4) is 0 Å². The lowest BCUT2D eigenvalue weighted by Gasteiger charge is -2.33. The zero-order valence-electron chi connectivity index (χ0n) is 16.3. The first-order valence-electron chi connectivity index (χ1n) is 10.3. The number of hydrogen-bond donors (Lipinski definition) is 2. The second-order valence-corrected chi connectivity index (χ2v) is 7.74. The number of nitrogens with zero attached hydrogens (tertiary/aromatic N) is 1. The highest BCUT2D eigenvalue weighted by Gasteiger charge is 2.47. The van der Waals surface area contributed by atoms with E-state index in [4.69, 9.17) is 0 Å². The smallest absolute Gasteiger partial charge is 0.257 e. The van der Waals surface area contributed by atoms with Crippen molar-refractivity contribution in [2.75, 3.05) is 19.6 Å². The van der Waals surface area contributed by atoms with Crippen molar-refractivity contribution in [3.8, 4) is 0 Å². The maximum atomic E-state index is 14.2. The van der Waals surface area contributed by atoms with E-state index in [-0.39, 0.29) is 23.4 Å². The molecule has 2 amide bonds. The number of nitrogens with one attached hydrogen (secondary N) is 2. The Balaban J connectivity index is 1.75. The molecule has 0 spiro atoms. The third-order valence-corrected chi connectivity index (χ3v) is 5.81. The van der Waals surface area contributed by atoms with Crippen LogP contribution in [0.5, 0.6) is 0 Å². The third-order valence-electron chi connectivity index (χ3n) is 5.81. The largest absolute Gasteiger partial charge is 0.353 e. The molecule has 1 heterocycles. The molecule has 1 aromatic carbocycles. The maximum absolute atomic E-state index is 14.2. The summed E-state index contributed by atoms with van der Waals surface area (Å²) in [5.41, 5.74) is -0.171. The normalized spacial score (nSPS) is 24.1. The van der Waals surface area contributed by atoms with Gasteiger partial charge < -0.3 is 15.5 Å². The van der Waals surface area contributed by atoms with Gasteiger partial charge >= 0.3 is 0 Å². The first-order valence-corrected chi connectivity index (χ1v) is 10.3. The average molecular weight is 393 g/mol. The van der Waals surface area contributed by atoms with Crippen LogP contribution in [0.25, 0.3) is 0 Å². The summed E-state index contributed by atoms with van der Waals surface area (Å²) in [6.45, 7) is 4.11. The molecule has 2 aliphatic rings. The van der Waals surface area contributed by atoms with Crippen molar-refractivity contribution < 1.29 is 18.4 Å². The molecule has 0 bridgehead atoms. The fourth-order valence-electron chi connectivity index (χ4n) is 4.48. The minimum absolute atomic E-state index is 0.0559. The monoisotopic (exact) mass is 393 g/mol. The topological polar surface area (TPSA) is 61.4 Å². The number of carbonyl (C=O) groups excluding carboxylic acids is 2. The van der Waals surface area contributed by atoms with Crippen LogP contribution in [-0.4, -0.2) is 48.4 Å². The predicted octanol–water partition coefficient (Wildman–Crippen LogP) is 2.85. The van der Waals surface area contributed by atoms with Crippen molar-refractivity contribution >= 4 is 11.8 Å². The number of rotatable bonds is 7. The van der Waals surface area contributed by atoms with Gasteiger partial charge in [0.05, 0.1) is 5.56 Å². The van der Waals surface area contributed by atoms with Crippen LogP contribution in [0.15, 0.2) is 18.2 Å². The van der Waals surface area contributed by atoms with E-state index in [1.165, 1.54) is 6.07 Å². The molecular weight excluding hydrogens is 364 g/mol. The Labute approximate surface area is 164 Å². The van der Waals surface area contributed by atoms with Crippen molar-refractivity contribution in [2.45, 2.75) is 57.5 Å². The molecule has 1 aliphatic heterocycles. The highest BCUT2D eigenvalue weighted by molar-refractivity contribution is 5.98. The molecule has 1 aliphatic carbocycles. The van der Waals surface area contributed by atoms with Gasteiger partial charge in [-0.2, -0.15) is 0 Å². The number of fused-ring (bicyclic) bond motifs is 1. The molecule has 3 unspecified atom stereocenters. The summed E-state index contributed by atoms with van der Waals surface area (Å²) in [6, 6.07) is 2.32. The van der Waals surface area contributed by atoms with E-state index in [0.717, 1.165) is 50.8 Å². The number of benzene rings is 1. The average Bonchev–Trinajstić information content (AvgIpc) is 3.07. The van der Waals surface area contributed by atoms with Crippen molar-refractivity contribution in [1.82, 2.24) is 15.5 Å². The summed E-state index contributed by atoms with van der Waals surface area (Å²) in [5, 5.41) is 6.13. The third kappa shape index (κ3) is 4.51. The molecule has 1 aromatic rings. The Morgan fingerprint density at radius 1 is 1.14 bits per heavy atom. The van der Waals surface area contributed by atoms with E-state index in [1.807, 2.05) is 0 Å². The molecule has 2 fully saturated rings. The number of likely N-dealkylation sites (tertiary alicyclic amines) is 1.